The standard InChI is InChI=1S/C15H33O9P.C9H21O6P.C8H18OS2.CH4/c1-17-4-5-19-6-7-20-8-9-21-10-11-22-12-13-23-14-15-24-25(3,16)18-2;1-11-4-5-13-6-7-14-8-9-15-16(3,10)12-2;1-3-4-7-10-11-8-5-6-9-2;/h4-15H2,1-3H3;4-9H2,1-3H3;3-8H2,1-2H3;1H4. The number of rotatable bonds is 39. The molecule has 2 atom stereocenters. The average Bonchev–Trinajstić information content (AvgIpc) is 3.14. The molecule has 0 bridgehead atoms. The van der Waals surface area contributed by atoms with Crippen LogP contribution in [0.2, 0.25) is 0 Å². The van der Waals surface area contributed by atoms with Crippen molar-refractivity contribution in [1.82, 2.24) is 0 Å². The first-order valence-corrected chi connectivity index (χ1v) is 23.9. The average molecular weight is 855 g/mol. The highest BCUT2D eigenvalue weighted by atomic mass is 33.1. The van der Waals surface area contributed by atoms with E-state index >= 15 is 0 Å². The maximum absolute atomic E-state index is 11.4. The van der Waals surface area contributed by atoms with Crippen LogP contribution < -0.4 is 0 Å². The van der Waals surface area contributed by atoms with Crippen LogP contribution in [0.4, 0.5) is 0 Å². The lowest BCUT2D eigenvalue weighted by atomic mass is 10.4. The van der Waals surface area contributed by atoms with Gasteiger partial charge in [-0.15, -0.1) is 0 Å². The van der Waals surface area contributed by atoms with E-state index in [4.69, 9.17) is 60.9 Å². The van der Waals surface area contributed by atoms with Crippen LogP contribution in [-0.2, 0) is 74.6 Å². The van der Waals surface area contributed by atoms with Gasteiger partial charge in [-0.1, -0.05) is 42.4 Å². The Morgan fingerprint density at radius 1 is 0.396 bits per heavy atom. The number of unbranched alkanes of at least 4 members (excludes halogenated alkanes) is 1. The van der Waals surface area contributed by atoms with Crippen LogP contribution in [0.3, 0.4) is 0 Å². The Morgan fingerprint density at radius 3 is 0.925 bits per heavy atom. The Balaban J connectivity index is -0.000000368. The monoisotopic (exact) mass is 854 g/mol. The Hall–Kier alpha value is 0.600. The lowest BCUT2D eigenvalue weighted by Gasteiger charge is -2.11. The lowest BCUT2D eigenvalue weighted by molar-refractivity contribution is -0.0160. The van der Waals surface area contributed by atoms with Gasteiger partial charge < -0.3 is 65.5 Å². The van der Waals surface area contributed by atoms with Gasteiger partial charge in [0, 0.05) is 67.0 Å². The first-order valence-electron chi connectivity index (χ1n) is 17.5. The second-order valence-corrected chi connectivity index (χ2v) is 17.2. The summed E-state index contributed by atoms with van der Waals surface area (Å²) in [7, 11) is 5.89. The second-order valence-electron chi connectivity index (χ2n) is 10.2. The highest BCUT2D eigenvalue weighted by molar-refractivity contribution is 8.76. The molecule has 0 aliphatic carbocycles. The number of hydrogen-bond acceptors (Lipinski definition) is 18. The number of hydrogen-bond donors (Lipinski definition) is 0. The predicted octanol–water partition coefficient (Wildman–Crippen LogP) is 6.19. The van der Waals surface area contributed by atoms with Gasteiger partial charge in [-0.05, 0) is 12.8 Å². The maximum atomic E-state index is 11.4. The van der Waals surface area contributed by atoms with Crippen molar-refractivity contribution in [1.29, 1.82) is 0 Å². The predicted molar refractivity (Wildman–Crippen MR) is 216 cm³/mol. The molecule has 0 saturated carbocycles. The summed E-state index contributed by atoms with van der Waals surface area (Å²) in [5.74, 6) is 2.52. The quantitative estimate of drug-likeness (QED) is 0.0390. The van der Waals surface area contributed by atoms with Crippen LogP contribution in [0.5, 0.6) is 0 Å². The van der Waals surface area contributed by atoms with Gasteiger partial charge in [0.15, 0.2) is 0 Å². The molecule has 326 valence electrons. The summed E-state index contributed by atoms with van der Waals surface area (Å²) in [6, 6.07) is 0. The summed E-state index contributed by atoms with van der Waals surface area (Å²) >= 11 is 0. The van der Waals surface area contributed by atoms with E-state index in [-0.39, 0.29) is 20.6 Å². The van der Waals surface area contributed by atoms with E-state index in [1.807, 2.05) is 21.6 Å². The zero-order chi connectivity index (χ0) is 39.3. The van der Waals surface area contributed by atoms with Gasteiger partial charge in [0.05, 0.1) is 119 Å². The van der Waals surface area contributed by atoms with E-state index in [0.717, 1.165) is 6.61 Å². The molecular weight excluding hydrogens is 778 g/mol. The summed E-state index contributed by atoms with van der Waals surface area (Å²) in [4.78, 5) is 0. The Kier molecular flexibility index (Phi) is 57.6. The zero-order valence-corrected chi connectivity index (χ0v) is 36.6. The van der Waals surface area contributed by atoms with Crippen LogP contribution in [0.25, 0.3) is 0 Å². The van der Waals surface area contributed by atoms with E-state index in [9.17, 15) is 9.13 Å². The molecule has 16 nitrogen and oxygen atoms in total. The van der Waals surface area contributed by atoms with E-state index < -0.39 is 15.2 Å². The van der Waals surface area contributed by atoms with Crippen molar-refractivity contribution in [3.05, 3.63) is 0 Å². The van der Waals surface area contributed by atoms with Crippen molar-refractivity contribution in [2.45, 2.75) is 33.6 Å². The molecule has 0 N–H and O–H groups in total. The third-order valence-electron chi connectivity index (χ3n) is 5.73. The molecular formula is C33H76O16P2S2. The topological polar surface area (TPSA) is 163 Å². The van der Waals surface area contributed by atoms with Gasteiger partial charge >= 0.3 is 15.2 Å². The molecule has 0 aromatic carbocycles. The molecule has 0 aliphatic rings. The van der Waals surface area contributed by atoms with Crippen molar-refractivity contribution in [2.75, 3.05) is 186 Å². The van der Waals surface area contributed by atoms with Gasteiger partial charge in [-0.2, -0.15) is 0 Å². The smallest absolute Gasteiger partial charge is 0.327 e. The summed E-state index contributed by atoms with van der Waals surface area (Å²) in [6.45, 7) is 14.5. The summed E-state index contributed by atoms with van der Waals surface area (Å²) < 4.78 is 93.5. The Labute approximate surface area is 330 Å². The molecule has 2 unspecified atom stereocenters. The highest BCUT2D eigenvalue weighted by Gasteiger charge is 2.14. The highest BCUT2D eigenvalue weighted by Crippen LogP contribution is 2.42. The fourth-order valence-corrected chi connectivity index (χ4v) is 6.12. The van der Waals surface area contributed by atoms with Gasteiger partial charge in [-0.3, -0.25) is 9.13 Å². The molecule has 53 heavy (non-hydrogen) atoms. The second kappa shape index (κ2) is 50.6. The first-order chi connectivity index (χ1) is 25.2. The Bertz CT molecular complexity index is 758. The molecule has 0 fully saturated rings. The SMILES string of the molecule is C.CCCCSSCCCOC.COCCOCCOCCOCCOCCOCCOP(C)(=O)OC.COCCOCCOCCOP(C)(=O)OC. The summed E-state index contributed by atoms with van der Waals surface area (Å²) in [6.07, 6.45) is 3.84. The van der Waals surface area contributed by atoms with Gasteiger partial charge in [-0.25, -0.2) is 0 Å². The molecule has 20 heteroatoms. The van der Waals surface area contributed by atoms with Crippen molar-refractivity contribution < 1.29 is 74.6 Å². The van der Waals surface area contributed by atoms with Gasteiger partial charge in [0.25, 0.3) is 0 Å². The zero-order valence-electron chi connectivity index (χ0n) is 33.2. The molecule has 0 aliphatic heterocycles. The molecule has 0 aromatic rings. The van der Waals surface area contributed by atoms with E-state index in [0.29, 0.717) is 106 Å². The minimum Gasteiger partial charge on any atom is -0.385 e. The number of methoxy groups -OCH3 is 3. The van der Waals surface area contributed by atoms with Crippen molar-refractivity contribution in [3.63, 3.8) is 0 Å². The fraction of sp³-hybridized carbons (Fsp3) is 1.00. The fourth-order valence-electron chi connectivity index (χ4n) is 2.80. The van der Waals surface area contributed by atoms with Crippen molar-refractivity contribution >= 4 is 36.8 Å². The van der Waals surface area contributed by atoms with E-state index in [1.165, 1.54) is 58.3 Å². The van der Waals surface area contributed by atoms with Crippen LogP contribution in [-0.4, -0.2) is 186 Å². The minimum atomic E-state index is -2.91. The van der Waals surface area contributed by atoms with Crippen LogP contribution >= 0.6 is 36.8 Å². The molecule has 0 spiro atoms. The third-order valence-corrected chi connectivity index (χ3v) is 10.9. The van der Waals surface area contributed by atoms with Crippen LogP contribution in [0, 0.1) is 0 Å². The van der Waals surface area contributed by atoms with E-state index in [1.54, 1.807) is 21.3 Å². The summed E-state index contributed by atoms with van der Waals surface area (Å²) in [5.41, 5.74) is 0. The van der Waals surface area contributed by atoms with Crippen molar-refractivity contribution in [3.8, 4) is 0 Å². The molecule has 0 amide bonds. The molecule has 0 aromatic heterocycles. The van der Waals surface area contributed by atoms with Crippen LogP contribution in [0.15, 0.2) is 0 Å². The van der Waals surface area contributed by atoms with Crippen molar-refractivity contribution in [2.24, 2.45) is 0 Å². The molecule has 0 heterocycles. The molecule has 0 radical (unpaired) electrons. The Morgan fingerprint density at radius 2 is 0.660 bits per heavy atom. The van der Waals surface area contributed by atoms with E-state index in [2.05, 4.69) is 11.4 Å². The normalized spacial score (nSPS) is 13.2. The van der Waals surface area contributed by atoms with Gasteiger partial charge in [0.1, 0.15) is 0 Å². The maximum Gasteiger partial charge on any atom is 0.327 e. The van der Waals surface area contributed by atoms with Crippen LogP contribution in [0.1, 0.15) is 33.6 Å². The lowest BCUT2D eigenvalue weighted by Crippen LogP contribution is -2.14. The molecule has 0 rings (SSSR count). The third kappa shape index (κ3) is 59.4. The number of ether oxygens (including phenoxy) is 10. The first kappa shape index (κ1) is 60.3. The molecule has 0 saturated heterocycles. The van der Waals surface area contributed by atoms with Gasteiger partial charge in [0.2, 0.25) is 0 Å². The summed E-state index contributed by atoms with van der Waals surface area (Å²) in [5, 5.41) is 0. The minimum absolute atomic E-state index is 0. The largest absolute Gasteiger partial charge is 0.385 e.